The zero-order valence-corrected chi connectivity index (χ0v) is 8.53. The predicted molar refractivity (Wildman–Crippen MR) is 36.4 cm³/mol. The van der Waals surface area contributed by atoms with E-state index in [1.165, 1.54) is 0 Å². The summed E-state index contributed by atoms with van der Waals surface area (Å²) in [5.41, 5.74) is 0. The van der Waals surface area contributed by atoms with Crippen LogP contribution in [0.15, 0.2) is 30.3 Å². The fourth-order valence-electron chi connectivity index (χ4n) is 0.342. The first-order valence-corrected chi connectivity index (χ1v) is 1.91. The van der Waals surface area contributed by atoms with E-state index in [9.17, 15) is 0 Å². The minimum atomic E-state index is 0. The molecule has 1 unspecified atom stereocenters. The fraction of sp³-hybridized carbons (Fsp3) is 0. The van der Waals surface area contributed by atoms with Crippen molar-refractivity contribution in [1.82, 2.24) is 0 Å². The molecule has 1 radical (unpaired) electrons. The maximum Gasteiger partial charge on any atom is 0.0511 e. The van der Waals surface area contributed by atoms with Crippen molar-refractivity contribution in [2.24, 2.45) is 0 Å². The molecule has 41 valence electrons. The van der Waals surface area contributed by atoms with E-state index in [-0.39, 0.29) is 32.7 Å². The summed E-state index contributed by atoms with van der Waals surface area (Å²) in [4.78, 5) is 0. The summed E-state index contributed by atoms with van der Waals surface area (Å²) in [6, 6.07) is 12.5. The second-order valence-corrected chi connectivity index (χ2v) is 1.08. The molecular formula is C6H8PY-. The van der Waals surface area contributed by atoms with Gasteiger partial charge in [0.1, 0.15) is 0 Å². The van der Waals surface area contributed by atoms with Crippen LogP contribution in [0.1, 0.15) is 0 Å². The smallest absolute Gasteiger partial charge is 0.0511 e. The first-order chi connectivity index (χ1) is 4.00. The Labute approximate surface area is 79.8 Å². The van der Waals surface area contributed by atoms with Crippen LogP contribution in [0.25, 0.3) is 0 Å². The van der Waals surface area contributed by atoms with Gasteiger partial charge in [0.25, 0.3) is 0 Å². The molecule has 0 aliphatic carbocycles. The van der Waals surface area contributed by atoms with Gasteiger partial charge >= 0.3 is 0 Å². The molecule has 0 amide bonds. The molecule has 1 aromatic rings. The normalized spacial score (nSPS) is 6.88. The largest absolute Gasteiger partial charge is 0.184 e. The van der Waals surface area contributed by atoms with Crippen LogP contribution in [0.3, 0.4) is 0 Å². The molecule has 1 rings (SSSR count). The Morgan fingerprint density at radius 2 is 1.62 bits per heavy atom. The second kappa shape index (κ2) is 7.75. The topological polar surface area (TPSA) is 0 Å². The van der Waals surface area contributed by atoms with Crippen molar-refractivity contribution >= 4 is 9.84 Å². The van der Waals surface area contributed by atoms with Crippen LogP contribution in [0.4, 0.5) is 0 Å². The van der Waals surface area contributed by atoms with Gasteiger partial charge in [0.15, 0.2) is 0 Å². The molecule has 8 heavy (non-hydrogen) atoms. The van der Waals surface area contributed by atoms with Crippen molar-refractivity contribution in [2.75, 3.05) is 0 Å². The molecule has 0 bridgehead atoms. The Bertz CT molecular complexity index is 85.0. The summed E-state index contributed by atoms with van der Waals surface area (Å²) in [5, 5.41) is 0. The maximum atomic E-state index is 5.67. The van der Waals surface area contributed by atoms with Crippen LogP contribution in [-0.4, -0.2) is 1.28 Å². The minimum Gasteiger partial charge on any atom is -0.184 e. The molecule has 0 aliphatic rings. The van der Waals surface area contributed by atoms with Gasteiger partial charge in [-0.3, -0.25) is 0 Å². The van der Waals surface area contributed by atoms with Gasteiger partial charge in [0.05, 0.1) is 1.28 Å². The van der Waals surface area contributed by atoms with E-state index in [4.69, 9.17) is 1.28 Å². The van der Waals surface area contributed by atoms with Crippen LogP contribution in [0.5, 0.6) is 0 Å². The predicted octanol–water partition coefficient (Wildman–Crippen LogP) is 1.54. The van der Waals surface area contributed by atoms with Gasteiger partial charge in [0.2, 0.25) is 0 Å². The van der Waals surface area contributed by atoms with E-state index in [0.717, 1.165) is 0 Å². The minimum absolute atomic E-state index is 0. The Kier molecular flexibility index (Phi) is 8.48. The second-order valence-electron chi connectivity index (χ2n) is 1.08. The van der Waals surface area contributed by atoms with Gasteiger partial charge in [0, 0.05) is 32.7 Å². The van der Waals surface area contributed by atoms with Crippen molar-refractivity contribution in [3.63, 3.8) is 0 Å². The first-order valence-electron chi connectivity index (χ1n) is 2.49. The SMILES string of the molecule is [2H]P.[Y].[c-]1ccccc1. The summed E-state index contributed by atoms with van der Waals surface area (Å²) in [5.74, 6) is 0. The van der Waals surface area contributed by atoms with Crippen molar-refractivity contribution in [1.29, 1.82) is 1.28 Å². The molecule has 0 fully saturated rings. The van der Waals surface area contributed by atoms with Crippen LogP contribution in [0, 0.1) is 6.07 Å². The Hall–Kier alpha value is 0.754. The van der Waals surface area contributed by atoms with Gasteiger partial charge in [-0.25, -0.2) is 0 Å². The number of hydrogen-bond donors (Lipinski definition) is 0. The molecule has 0 heterocycles. The molecular weight excluding hydrogens is 192 g/mol. The van der Waals surface area contributed by atoms with Gasteiger partial charge < -0.3 is 0 Å². The summed E-state index contributed by atoms with van der Waals surface area (Å²) in [6.45, 7) is 0. The molecule has 0 aromatic heterocycles. The van der Waals surface area contributed by atoms with Crippen molar-refractivity contribution in [2.45, 2.75) is 0 Å². The maximum absolute atomic E-state index is 5.67. The third-order valence-electron chi connectivity index (χ3n) is 0.607. The molecule has 0 nitrogen and oxygen atoms in total. The number of benzene rings is 1. The third kappa shape index (κ3) is 4.90. The quantitative estimate of drug-likeness (QED) is 0.441. The van der Waals surface area contributed by atoms with Crippen molar-refractivity contribution < 1.29 is 32.7 Å². The molecule has 0 saturated carbocycles. The van der Waals surface area contributed by atoms with Gasteiger partial charge in [-0.2, -0.15) is 46.2 Å². The van der Waals surface area contributed by atoms with Gasteiger partial charge in [-0.1, -0.05) is 0 Å². The summed E-state index contributed by atoms with van der Waals surface area (Å²) < 4.78 is 5.67. The standard InChI is InChI=1S/C6H5.H3P.Y/c1-2-4-6-5-3-1;;/h1-5H;1H3;/q-1;;/i;1D;. The van der Waals surface area contributed by atoms with Crippen LogP contribution >= 0.6 is 9.84 Å². The number of rotatable bonds is 0. The molecule has 0 aliphatic heterocycles. The van der Waals surface area contributed by atoms with Crippen molar-refractivity contribution in [3.05, 3.63) is 36.4 Å². The summed E-state index contributed by atoms with van der Waals surface area (Å²) in [7, 11) is 1.67. The van der Waals surface area contributed by atoms with E-state index in [0.29, 0.717) is 0 Å². The van der Waals surface area contributed by atoms with Crippen molar-refractivity contribution in [3.8, 4) is 0 Å². The van der Waals surface area contributed by atoms with Crippen LogP contribution in [-0.2, 0) is 32.7 Å². The van der Waals surface area contributed by atoms with E-state index in [2.05, 4.69) is 6.07 Å². The average Bonchev–Trinajstić information content (AvgIpc) is 1.96. The first kappa shape index (κ1) is 8.75. The van der Waals surface area contributed by atoms with E-state index in [1.807, 2.05) is 30.3 Å². The average molecular weight is 201 g/mol. The van der Waals surface area contributed by atoms with Gasteiger partial charge in [-0.15, -0.1) is 0 Å². The molecule has 1 aromatic carbocycles. The van der Waals surface area contributed by atoms with E-state index in [1.54, 1.807) is 9.84 Å². The van der Waals surface area contributed by atoms with E-state index < -0.39 is 0 Å². The number of hydrogen-bond acceptors (Lipinski definition) is 0. The fourth-order valence-corrected chi connectivity index (χ4v) is 0.342. The molecule has 1 atom stereocenters. The monoisotopic (exact) mass is 201 g/mol. The van der Waals surface area contributed by atoms with Crippen LogP contribution in [0.2, 0.25) is 0 Å². The van der Waals surface area contributed by atoms with Crippen LogP contribution < -0.4 is 0 Å². The molecule has 2 heteroatoms. The molecule has 0 N–H and O–H groups in total. The molecule has 0 spiro atoms. The zero-order valence-electron chi connectivity index (χ0n) is 5.54. The third-order valence-corrected chi connectivity index (χ3v) is 0.607. The zero-order chi connectivity index (χ0) is 6.24. The summed E-state index contributed by atoms with van der Waals surface area (Å²) >= 11 is 0. The Morgan fingerprint density at radius 1 is 1.12 bits per heavy atom. The summed E-state index contributed by atoms with van der Waals surface area (Å²) in [6.07, 6.45) is 0. The Morgan fingerprint density at radius 3 is 1.75 bits per heavy atom. The van der Waals surface area contributed by atoms with E-state index >= 15 is 0 Å². The molecule has 0 saturated heterocycles. The van der Waals surface area contributed by atoms with Gasteiger partial charge in [-0.05, 0) is 0 Å². The Balaban J connectivity index is 0.